The van der Waals surface area contributed by atoms with Gasteiger partial charge in [0.05, 0.1) is 13.3 Å². The summed E-state index contributed by atoms with van der Waals surface area (Å²) in [7, 11) is 3.11. The molecule has 19 heavy (non-hydrogen) atoms. The van der Waals surface area contributed by atoms with Gasteiger partial charge in [0.25, 0.3) is 0 Å². The lowest BCUT2D eigenvalue weighted by Gasteiger charge is -2.18. The number of carbonyl (C=O) groups excluding carboxylic acids is 1. The molecule has 0 amide bonds. The summed E-state index contributed by atoms with van der Waals surface area (Å²) in [5.74, 6) is 0.256. The summed E-state index contributed by atoms with van der Waals surface area (Å²) >= 11 is 0. The lowest BCUT2D eigenvalue weighted by molar-refractivity contribution is -0.138. The molecule has 0 radical (unpaired) electrons. The number of hydrogen-bond acceptors (Lipinski definition) is 6. The molecule has 1 heterocycles. The predicted octanol–water partition coefficient (Wildman–Crippen LogP) is 1.15. The normalized spacial score (nSPS) is 10.0. The molecule has 0 N–H and O–H groups in total. The minimum Gasteiger partial charge on any atom is -0.468 e. The summed E-state index contributed by atoms with van der Waals surface area (Å²) in [6.07, 6.45) is 1.63. The zero-order valence-corrected chi connectivity index (χ0v) is 10.8. The van der Waals surface area contributed by atoms with Crippen LogP contribution in [-0.4, -0.2) is 42.1 Å². The maximum atomic E-state index is 11.3. The Morgan fingerprint density at radius 1 is 1.32 bits per heavy atom. The summed E-state index contributed by atoms with van der Waals surface area (Å²) in [5.41, 5.74) is 1.79. The standard InChI is InChI=1S/C13H14N4O2/c1-17(9-12(18)19-2)13-11(8-14-16-15-13)10-6-4-3-5-7-10/h3-8H,9H2,1-2H3. The van der Waals surface area contributed by atoms with E-state index in [2.05, 4.69) is 20.1 Å². The van der Waals surface area contributed by atoms with Crippen LogP contribution < -0.4 is 4.90 Å². The van der Waals surface area contributed by atoms with Crippen LogP contribution in [0.25, 0.3) is 11.1 Å². The van der Waals surface area contributed by atoms with Gasteiger partial charge in [-0.2, -0.15) is 0 Å². The Morgan fingerprint density at radius 2 is 2.05 bits per heavy atom. The van der Waals surface area contributed by atoms with Crippen LogP contribution >= 0.6 is 0 Å². The summed E-state index contributed by atoms with van der Waals surface area (Å²) < 4.78 is 4.64. The molecule has 0 atom stereocenters. The van der Waals surface area contributed by atoms with E-state index in [4.69, 9.17) is 0 Å². The number of carbonyl (C=O) groups is 1. The number of benzene rings is 1. The molecule has 6 heteroatoms. The fraction of sp³-hybridized carbons (Fsp3) is 0.231. The van der Waals surface area contributed by atoms with E-state index in [0.717, 1.165) is 11.1 Å². The fourth-order valence-corrected chi connectivity index (χ4v) is 1.70. The first-order valence-electron chi connectivity index (χ1n) is 5.74. The van der Waals surface area contributed by atoms with Crippen LogP contribution in [0, 0.1) is 0 Å². The third-order valence-electron chi connectivity index (χ3n) is 2.66. The highest BCUT2D eigenvalue weighted by atomic mass is 16.5. The molecule has 0 aliphatic heterocycles. The van der Waals surface area contributed by atoms with E-state index >= 15 is 0 Å². The number of esters is 1. The lowest BCUT2D eigenvalue weighted by Crippen LogP contribution is -2.28. The molecule has 6 nitrogen and oxygen atoms in total. The minimum absolute atomic E-state index is 0.106. The van der Waals surface area contributed by atoms with Crippen LogP contribution in [-0.2, 0) is 9.53 Å². The zero-order chi connectivity index (χ0) is 13.7. The Morgan fingerprint density at radius 3 is 2.74 bits per heavy atom. The van der Waals surface area contributed by atoms with E-state index in [9.17, 15) is 4.79 Å². The van der Waals surface area contributed by atoms with Crippen molar-refractivity contribution in [2.75, 3.05) is 25.6 Å². The average molecular weight is 258 g/mol. The van der Waals surface area contributed by atoms with Crippen LogP contribution in [0.1, 0.15) is 0 Å². The van der Waals surface area contributed by atoms with Gasteiger partial charge in [0.1, 0.15) is 6.54 Å². The monoisotopic (exact) mass is 258 g/mol. The van der Waals surface area contributed by atoms with Crippen molar-refractivity contribution in [2.24, 2.45) is 0 Å². The van der Waals surface area contributed by atoms with Gasteiger partial charge in [0.2, 0.25) is 0 Å². The first-order chi connectivity index (χ1) is 9.22. The SMILES string of the molecule is COC(=O)CN(C)c1nnncc1-c1ccccc1. The smallest absolute Gasteiger partial charge is 0.325 e. The van der Waals surface area contributed by atoms with Crippen molar-refractivity contribution in [3.63, 3.8) is 0 Å². The van der Waals surface area contributed by atoms with E-state index in [-0.39, 0.29) is 12.5 Å². The van der Waals surface area contributed by atoms with Crippen LogP contribution in [0.4, 0.5) is 5.82 Å². The second-order valence-corrected chi connectivity index (χ2v) is 3.97. The summed E-state index contributed by atoms with van der Waals surface area (Å²) in [6.45, 7) is 0.106. The Kier molecular flexibility index (Phi) is 4.02. The van der Waals surface area contributed by atoms with Crippen molar-refractivity contribution < 1.29 is 9.53 Å². The van der Waals surface area contributed by atoms with E-state index in [1.165, 1.54) is 7.11 Å². The highest BCUT2D eigenvalue weighted by Crippen LogP contribution is 2.26. The third kappa shape index (κ3) is 3.04. The van der Waals surface area contributed by atoms with Gasteiger partial charge in [-0.3, -0.25) is 4.79 Å². The van der Waals surface area contributed by atoms with Gasteiger partial charge in [-0.15, -0.1) is 10.2 Å². The Hall–Kier alpha value is -2.50. The van der Waals surface area contributed by atoms with Crippen LogP contribution in [0.5, 0.6) is 0 Å². The van der Waals surface area contributed by atoms with Crippen molar-refractivity contribution in [1.29, 1.82) is 0 Å². The number of methoxy groups -OCH3 is 1. The number of ether oxygens (including phenoxy) is 1. The number of rotatable bonds is 4. The molecular formula is C13H14N4O2. The quantitative estimate of drug-likeness (QED) is 0.766. The molecule has 0 saturated heterocycles. The van der Waals surface area contributed by atoms with E-state index < -0.39 is 0 Å². The molecule has 0 bridgehead atoms. The third-order valence-corrected chi connectivity index (χ3v) is 2.66. The highest BCUT2D eigenvalue weighted by molar-refractivity contribution is 5.80. The Labute approximate surface area is 111 Å². The van der Waals surface area contributed by atoms with Gasteiger partial charge in [-0.05, 0) is 10.8 Å². The second-order valence-electron chi connectivity index (χ2n) is 3.97. The number of anilines is 1. The van der Waals surface area contributed by atoms with Crippen LogP contribution in [0.15, 0.2) is 36.5 Å². The van der Waals surface area contributed by atoms with Crippen molar-refractivity contribution in [3.8, 4) is 11.1 Å². The molecule has 0 unspecified atom stereocenters. The van der Waals surface area contributed by atoms with Gasteiger partial charge < -0.3 is 9.64 Å². The molecule has 1 aromatic heterocycles. The van der Waals surface area contributed by atoms with Crippen molar-refractivity contribution >= 4 is 11.8 Å². The van der Waals surface area contributed by atoms with Gasteiger partial charge >= 0.3 is 5.97 Å². The zero-order valence-electron chi connectivity index (χ0n) is 10.8. The number of aromatic nitrogens is 3. The largest absolute Gasteiger partial charge is 0.468 e. The lowest BCUT2D eigenvalue weighted by atomic mass is 10.1. The topological polar surface area (TPSA) is 68.2 Å². The maximum Gasteiger partial charge on any atom is 0.325 e. The molecule has 0 aliphatic rings. The van der Waals surface area contributed by atoms with E-state index in [1.807, 2.05) is 30.3 Å². The molecule has 0 saturated carbocycles. The van der Waals surface area contributed by atoms with Crippen molar-refractivity contribution in [1.82, 2.24) is 15.4 Å². The molecule has 1 aromatic carbocycles. The van der Waals surface area contributed by atoms with Gasteiger partial charge in [-0.25, -0.2) is 0 Å². The average Bonchev–Trinajstić information content (AvgIpc) is 2.48. The second kappa shape index (κ2) is 5.90. The highest BCUT2D eigenvalue weighted by Gasteiger charge is 2.14. The van der Waals surface area contributed by atoms with E-state index in [0.29, 0.717) is 5.82 Å². The summed E-state index contributed by atoms with van der Waals surface area (Å²) in [6, 6.07) is 9.70. The minimum atomic E-state index is -0.333. The Bertz CT molecular complexity index is 560. The van der Waals surface area contributed by atoms with Crippen molar-refractivity contribution in [2.45, 2.75) is 0 Å². The molecule has 2 aromatic rings. The summed E-state index contributed by atoms with van der Waals surface area (Å²) in [5, 5.41) is 11.4. The number of nitrogens with zero attached hydrogens (tertiary/aromatic N) is 4. The number of hydrogen-bond donors (Lipinski definition) is 0. The first-order valence-corrected chi connectivity index (χ1v) is 5.74. The molecule has 0 spiro atoms. The molecular weight excluding hydrogens is 244 g/mol. The van der Waals surface area contributed by atoms with Crippen molar-refractivity contribution in [3.05, 3.63) is 36.5 Å². The van der Waals surface area contributed by atoms with Crippen LogP contribution in [0.3, 0.4) is 0 Å². The van der Waals surface area contributed by atoms with Crippen LogP contribution in [0.2, 0.25) is 0 Å². The van der Waals surface area contributed by atoms with Gasteiger partial charge in [0, 0.05) is 12.6 Å². The van der Waals surface area contributed by atoms with Gasteiger partial charge in [-0.1, -0.05) is 30.3 Å². The fourth-order valence-electron chi connectivity index (χ4n) is 1.70. The van der Waals surface area contributed by atoms with E-state index in [1.54, 1.807) is 18.1 Å². The Balaban J connectivity index is 2.34. The predicted molar refractivity (Wildman–Crippen MR) is 70.5 cm³/mol. The first kappa shape index (κ1) is 12.9. The number of likely N-dealkylation sites (N-methyl/N-ethyl adjacent to an activating group) is 1. The summed E-state index contributed by atoms with van der Waals surface area (Å²) in [4.78, 5) is 13.0. The molecule has 98 valence electrons. The molecule has 2 rings (SSSR count). The van der Waals surface area contributed by atoms with Gasteiger partial charge in [0.15, 0.2) is 5.82 Å². The maximum absolute atomic E-state index is 11.3. The molecule has 0 fully saturated rings. The molecule has 0 aliphatic carbocycles.